The molecule has 1 saturated carbocycles. The summed E-state index contributed by atoms with van der Waals surface area (Å²) in [5, 5.41) is 3.30. The Morgan fingerprint density at radius 2 is 2.04 bits per heavy atom. The number of aromatic amines is 1. The summed E-state index contributed by atoms with van der Waals surface area (Å²) in [4.78, 5) is 35.1. The van der Waals surface area contributed by atoms with Crippen molar-refractivity contribution in [1.82, 2.24) is 24.4 Å². The second-order valence-electron chi connectivity index (χ2n) is 8.88. The van der Waals surface area contributed by atoms with Gasteiger partial charge in [-0.15, -0.1) is 0 Å². The summed E-state index contributed by atoms with van der Waals surface area (Å²) in [7, 11) is 0. The fourth-order valence-electron chi connectivity index (χ4n) is 4.73. The zero-order chi connectivity index (χ0) is 19.4. The van der Waals surface area contributed by atoms with Crippen molar-refractivity contribution in [3.05, 3.63) is 33.4 Å². The van der Waals surface area contributed by atoms with E-state index >= 15 is 0 Å². The van der Waals surface area contributed by atoms with Gasteiger partial charge in [-0.05, 0) is 52.4 Å². The topological polar surface area (TPSA) is 73.7 Å². The number of hydrogen-bond donors (Lipinski definition) is 1. The van der Waals surface area contributed by atoms with Crippen molar-refractivity contribution in [2.24, 2.45) is 5.92 Å². The van der Waals surface area contributed by atoms with E-state index < -0.39 is 0 Å². The van der Waals surface area contributed by atoms with Crippen molar-refractivity contribution in [1.29, 1.82) is 0 Å². The Labute approximate surface area is 164 Å². The van der Waals surface area contributed by atoms with Gasteiger partial charge in [-0.2, -0.15) is 0 Å². The highest BCUT2D eigenvalue weighted by atomic mass is 16.2. The first-order chi connectivity index (χ1) is 13.5. The molecule has 0 radical (unpaired) electrons. The standard InChI is InChI=1S/C21H29N5O2/c1-13(2)24-10-8-15-17(12-24)22-19-11-16(23-26(19)21(15)28)18-5-3-4-9-25(18)20(27)14-6-7-14/h11,13-14,18,23H,3-10,12H2,1-2H3/t18-/m1/s1. The maximum Gasteiger partial charge on any atom is 0.276 e. The van der Waals surface area contributed by atoms with Gasteiger partial charge in [0, 0.05) is 43.2 Å². The molecule has 1 saturated heterocycles. The molecule has 28 heavy (non-hydrogen) atoms. The lowest BCUT2D eigenvalue weighted by Gasteiger charge is -2.35. The molecule has 7 nitrogen and oxygen atoms in total. The average Bonchev–Trinajstić information content (AvgIpc) is 3.46. The predicted octanol–water partition coefficient (Wildman–Crippen LogP) is 2.25. The number of nitrogens with zero attached hydrogens (tertiary/aromatic N) is 4. The van der Waals surface area contributed by atoms with E-state index in [1.165, 1.54) is 0 Å². The van der Waals surface area contributed by atoms with Gasteiger partial charge in [-0.1, -0.05) is 0 Å². The molecule has 150 valence electrons. The number of H-pyrrole nitrogens is 1. The van der Waals surface area contributed by atoms with Crippen LogP contribution in [0.4, 0.5) is 0 Å². The molecule has 2 aliphatic heterocycles. The number of nitrogens with one attached hydrogen (secondary N) is 1. The lowest BCUT2D eigenvalue weighted by atomic mass is 9.98. The van der Waals surface area contributed by atoms with Crippen molar-refractivity contribution in [3.63, 3.8) is 0 Å². The fraction of sp³-hybridized carbons (Fsp3) is 0.667. The first-order valence-electron chi connectivity index (χ1n) is 10.7. The van der Waals surface area contributed by atoms with Gasteiger partial charge in [-0.3, -0.25) is 19.6 Å². The third-order valence-electron chi connectivity index (χ3n) is 6.62. The van der Waals surface area contributed by atoms with Crippen molar-refractivity contribution >= 4 is 11.6 Å². The van der Waals surface area contributed by atoms with E-state index in [1.807, 2.05) is 11.0 Å². The van der Waals surface area contributed by atoms with Crippen LogP contribution in [0.5, 0.6) is 0 Å². The number of fused-ring (bicyclic) bond motifs is 2. The lowest BCUT2D eigenvalue weighted by Crippen LogP contribution is -2.40. The van der Waals surface area contributed by atoms with Crippen LogP contribution in [0.1, 0.15) is 68.9 Å². The minimum Gasteiger partial charge on any atom is -0.334 e. The number of carbonyl (C=O) groups excluding carboxylic acids is 1. The van der Waals surface area contributed by atoms with Gasteiger partial charge < -0.3 is 4.90 Å². The first kappa shape index (κ1) is 17.9. The molecular weight excluding hydrogens is 354 g/mol. The summed E-state index contributed by atoms with van der Waals surface area (Å²) in [6.45, 7) is 6.80. The minimum absolute atomic E-state index is 0.0190. The van der Waals surface area contributed by atoms with E-state index in [9.17, 15) is 9.59 Å². The van der Waals surface area contributed by atoms with Gasteiger partial charge in [-0.25, -0.2) is 9.50 Å². The molecule has 2 aromatic rings. The van der Waals surface area contributed by atoms with E-state index in [2.05, 4.69) is 23.8 Å². The zero-order valence-corrected chi connectivity index (χ0v) is 16.8. The molecule has 1 amide bonds. The van der Waals surface area contributed by atoms with Gasteiger partial charge in [0.2, 0.25) is 5.91 Å². The van der Waals surface area contributed by atoms with Crippen LogP contribution in [0.25, 0.3) is 5.65 Å². The van der Waals surface area contributed by atoms with E-state index in [4.69, 9.17) is 4.98 Å². The third kappa shape index (κ3) is 2.96. The Morgan fingerprint density at radius 1 is 1.21 bits per heavy atom. The quantitative estimate of drug-likeness (QED) is 0.882. The second kappa shape index (κ2) is 6.72. The molecule has 1 atom stereocenters. The van der Waals surface area contributed by atoms with Crippen LogP contribution in [0.15, 0.2) is 10.9 Å². The summed E-state index contributed by atoms with van der Waals surface area (Å²) in [5.74, 6) is 0.510. The van der Waals surface area contributed by atoms with E-state index in [-0.39, 0.29) is 23.4 Å². The van der Waals surface area contributed by atoms with E-state index in [1.54, 1.807) is 4.52 Å². The summed E-state index contributed by atoms with van der Waals surface area (Å²) in [6, 6.07) is 2.46. The van der Waals surface area contributed by atoms with Crippen molar-refractivity contribution in [2.75, 3.05) is 13.1 Å². The molecule has 2 fully saturated rings. The Kier molecular flexibility index (Phi) is 4.30. The molecule has 1 N–H and O–H groups in total. The van der Waals surface area contributed by atoms with E-state index in [0.717, 1.165) is 75.1 Å². The number of carbonyl (C=O) groups is 1. The normalized spacial score (nSPS) is 23.4. The molecule has 0 spiro atoms. The highest BCUT2D eigenvalue weighted by Gasteiger charge is 2.38. The van der Waals surface area contributed by atoms with Gasteiger partial charge in [0.05, 0.1) is 17.4 Å². The maximum absolute atomic E-state index is 13.1. The van der Waals surface area contributed by atoms with Crippen LogP contribution in [-0.2, 0) is 17.8 Å². The number of aromatic nitrogens is 3. The van der Waals surface area contributed by atoms with Crippen molar-refractivity contribution in [3.8, 4) is 0 Å². The summed E-state index contributed by atoms with van der Waals surface area (Å²) in [5.41, 5.74) is 3.38. The molecule has 7 heteroatoms. The molecule has 0 unspecified atom stereocenters. The number of hydrogen-bond acceptors (Lipinski definition) is 4. The minimum atomic E-state index is 0.0190. The van der Waals surface area contributed by atoms with Crippen LogP contribution < -0.4 is 5.56 Å². The number of amides is 1. The van der Waals surface area contributed by atoms with Crippen LogP contribution in [0.3, 0.4) is 0 Å². The summed E-state index contributed by atoms with van der Waals surface area (Å²) >= 11 is 0. The first-order valence-corrected chi connectivity index (χ1v) is 10.7. The van der Waals surface area contributed by atoms with Crippen LogP contribution in [-0.4, -0.2) is 49.4 Å². The number of piperidine rings is 1. The summed E-state index contributed by atoms with van der Waals surface area (Å²) < 4.78 is 1.59. The molecule has 5 rings (SSSR count). The second-order valence-corrected chi connectivity index (χ2v) is 8.88. The number of likely N-dealkylation sites (tertiary alicyclic amines) is 1. The van der Waals surface area contributed by atoms with Crippen molar-refractivity contribution < 1.29 is 4.79 Å². The average molecular weight is 383 g/mol. The molecule has 2 aromatic heterocycles. The maximum atomic E-state index is 13.1. The fourth-order valence-corrected chi connectivity index (χ4v) is 4.73. The van der Waals surface area contributed by atoms with Gasteiger partial charge in [0.25, 0.3) is 5.56 Å². The Hall–Kier alpha value is -2.15. The Morgan fingerprint density at radius 3 is 2.79 bits per heavy atom. The van der Waals surface area contributed by atoms with Crippen LogP contribution in [0.2, 0.25) is 0 Å². The summed E-state index contributed by atoms with van der Waals surface area (Å²) in [6.07, 6.45) is 5.90. The largest absolute Gasteiger partial charge is 0.334 e. The highest BCUT2D eigenvalue weighted by molar-refractivity contribution is 5.81. The Balaban J connectivity index is 1.52. The highest BCUT2D eigenvalue weighted by Crippen LogP contribution is 2.37. The lowest BCUT2D eigenvalue weighted by molar-refractivity contribution is -0.136. The predicted molar refractivity (Wildman–Crippen MR) is 106 cm³/mol. The van der Waals surface area contributed by atoms with Crippen molar-refractivity contribution in [2.45, 2.75) is 71.0 Å². The molecule has 4 heterocycles. The van der Waals surface area contributed by atoms with Gasteiger partial charge in [0.15, 0.2) is 5.65 Å². The molecule has 1 aliphatic carbocycles. The third-order valence-corrected chi connectivity index (χ3v) is 6.62. The van der Waals surface area contributed by atoms with Gasteiger partial charge >= 0.3 is 0 Å². The molecule has 0 bridgehead atoms. The van der Waals surface area contributed by atoms with Crippen LogP contribution in [0, 0.1) is 5.92 Å². The molecular formula is C21H29N5O2. The number of rotatable bonds is 3. The molecule has 0 aromatic carbocycles. The van der Waals surface area contributed by atoms with Crippen LogP contribution >= 0.6 is 0 Å². The Bertz CT molecular complexity index is 971. The zero-order valence-electron chi connectivity index (χ0n) is 16.8. The van der Waals surface area contributed by atoms with E-state index in [0.29, 0.717) is 11.7 Å². The smallest absolute Gasteiger partial charge is 0.276 e. The van der Waals surface area contributed by atoms with Gasteiger partial charge in [0.1, 0.15) is 0 Å². The molecule has 3 aliphatic rings. The monoisotopic (exact) mass is 383 g/mol. The SMILES string of the molecule is CC(C)N1CCc2c(nc3cc([C@H]4CCCCN4C(=O)C4CC4)[nH]n3c2=O)C1.